The minimum absolute atomic E-state index is 0.879. The number of nitrogens with one attached hydrogen (secondary N) is 2. The summed E-state index contributed by atoms with van der Waals surface area (Å²) in [7, 11) is 0. The molecular formula is C21H20N2O. The fraction of sp³-hybridized carbons (Fsp3) is 0.143. The minimum Gasteiger partial charge on any atom is -0.386 e. The molecule has 0 amide bonds. The predicted octanol–water partition coefficient (Wildman–Crippen LogP) is 5.29. The molecule has 0 radical (unpaired) electrons. The van der Waals surface area contributed by atoms with Gasteiger partial charge < -0.3 is 15.4 Å². The summed E-state index contributed by atoms with van der Waals surface area (Å²) in [5, 5.41) is 16.2. The molecule has 3 nitrogen and oxygen atoms in total. The van der Waals surface area contributed by atoms with E-state index in [9.17, 15) is 5.11 Å². The predicted molar refractivity (Wildman–Crippen MR) is 101 cm³/mol. The van der Waals surface area contributed by atoms with Crippen molar-refractivity contribution in [1.29, 1.82) is 0 Å². The van der Waals surface area contributed by atoms with Crippen molar-refractivity contribution in [3.8, 4) is 0 Å². The van der Waals surface area contributed by atoms with Crippen LogP contribution in [0.25, 0.3) is 21.8 Å². The summed E-state index contributed by atoms with van der Waals surface area (Å²) in [4.78, 5) is 3.44. The van der Waals surface area contributed by atoms with E-state index in [4.69, 9.17) is 0 Å². The normalized spacial score (nSPS) is 12.0. The number of para-hydroxylation sites is 2. The van der Waals surface area contributed by atoms with E-state index in [1.165, 1.54) is 10.8 Å². The summed E-state index contributed by atoms with van der Waals surface area (Å²) in [5.41, 5.74) is 4.17. The molecule has 0 aliphatic heterocycles. The van der Waals surface area contributed by atoms with Crippen molar-refractivity contribution >= 4 is 33.2 Å². The molecular weight excluding hydrogens is 296 g/mol. The molecule has 3 heteroatoms. The number of aliphatic hydroxyl groups is 1. The van der Waals surface area contributed by atoms with Gasteiger partial charge in [0.25, 0.3) is 0 Å². The molecule has 0 unspecified atom stereocenters. The highest BCUT2D eigenvalue weighted by atomic mass is 16.3. The van der Waals surface area contributed by atoms with Gasteiger partial charge in [0.2, 0.25) is 0 Å². The van der Waals surface area contributed by atoms with Crippen LogP contribution in [0.3, 0.4) is 0 Å². The van der Waals surface area contributed by atoms with E-state index >= 15 is 0 Å². The van der Waals surface area contributed by atoms with Crippen LogP contribution in [0.2, 0.25) is 0 Å². The maximum atomic E-state index is 10.4. The van der Waals surface area contributed by atoms with Crippen molar-refractivity contribution < 1.29 is 5.11 Å². The number of aromatic amines is 1. The minimum atomic E-state index is -0.894. The van der Waals surface area contributed by atoms with Crippen LogP contribution in [-0.4, -0.2) is 10.1 Å². The number of benzene rings is 3. The zero-order valence-corrected chi connectivity index (χ0v) is 13.8. The average Bonchev–Trinajstić information content (AvgIpc) is 2.92. The molecule has 0 saturated carbocycles. The molecule has 3 aromatic carbocycles. The van der Waals surface area contributed by atoms with Gasteiger partial charge in [-0.1, -0.05) is 36.4 Å². The second kappa shape index (κ2) is 5.39. The van der Waals surface area contributed by atoms with Gasteiger partial charge >= 0.3 is 0 Å². The molecule has 0 saturated heterocycles. The number of fused-ring (bicyclic) bond motifs is 3. The number of rotatable bonds is 3. The standard InChI is InChI=1S/C21H20N2O/c1-21(2,24)17-8-4-6-10-20(17)22-14-11-12-19-16(13-14)15-7-3-5-9-18(15)23-19/h3-13,22-24H,1-2H3. The first-order chi connectivity index (χ1) is 11.5. The van der Waals surface area contributed by atoms with Gasteiger partial charge in [-0.25, -0.2) is 0 Å². The first-order valence-corrected chi connectivity index (χ1v) is 8.12. The van der Waals surface area contributed by atoms with Crippen LogP contribution in [0.4, 0.5) is 11.4 Å². The monoisotopic (exact) mass is 316 g/mol. The van der Waals surface area contributed by atoms with Crippen LogP contribution in [0, 0.1) is 0 Å². The summed E-state index contributed by atoms with van der Waals surface area (Å²) in [6.07, 6.45) is 0. The van der Waals surface area contributed by atoms with Gasteiger partial charge in [-0.15, -0.1) is 0 Å². The average molecular weight is 316 g/mol. The molecule has 1 heterocycles. The maximum absolute atomic E-state index is 10.4. The van der Waals surface area contributed by atoms with Crippen LogP contribution < -0.4 is 5.32 Å². The number of hydrogen-bond acceptors (Lipinski definition) is 2. The quantitative estimate of drug-likeness (QED) is 0.481. The lowest BCUT2D eigenvalue weighted by atomic mass is 9.96. The van der Waals surface area contributed by atoms with Crippen LogP contribution in [0.1, 0.15) is 19.4 Å². The molecule has 3 N–H and O–H groups in total. The number of hydrogen-bond donors (Lipinski definition) is 3. The molecule has 4 rings (SSSR count). The van der Waals surface area contributed by atoms with Crippen molar-refractivity contribution in [2.75, 3.05) is 5.32 Å². The molecule has 0 fully saturated rings. The Morgan fingerprint density at radius 2 is 1.54 bits per heavy atom. The number of aromatic nitrogens is 1. The zero-order chi connectivity index (χ0) is 16.7. The van der Waals surface area contributed by atoms with Crippen molar-refractivity contribution in [3.63, 3.8) is 0 Å². The van der Waals surface area contributed by atoms with Gasteiger partial charge in [0, 0.05) is 38.7 Å². The Bertz CT molecular complexity index is 1020. The van der Waals surface area contributed by atoms with E-state index in [1.807, 2.05) is 30.3 Å². The van der Waals surface area contributed by atoms with Gasteiger partial charge in [0.1, 0.15) is 0 Å². The van der Waals surface area contributed by atoms with E-state index in [-0.39, 0.29) is 0 Å². The smallest absolute Gasteiger partial charge is 0.0860 e. The van der Waals surface area contributed by atoms with Crippen LogP contribution >= 0.6 is 0 Å². The lowest BCUT2D eigenvalue weighted by Gasteiger charge is -2.22. The zero-order valence-electron chi connectivity index (χ0n) is 13.8. The molecule has 0 spiro atoms. The SMILES string of the molecule is CC(C)(O)c1ccccc1Nc1ccc2[nH]c3ccccc3c2c1. The second-order valence-electron chi connectivity index (χ2n) is 6.66. The van der Waals surface area contributed by atoms with Gasteiger partial charge in [-0.3, -0.25) is 0 Å². The van der Waals surface area contributed by atoms with E-state index in [0.717, 1.165) is 28.0 Å². The molecule has 1 aromatic heterocycles. The fourth-order valence-electron chi connectivity index (χ4n) is 3.21. The highest BCUT2D eigenvalue weighted by molar-refractivity contribution is 6.08. The van der Waals surface area contributed by atoms with Crippen molar-refractivity contribution in [3.05, 3.63) is 72.3 Å². The summed E-state index contributed by atoms with van der Waals surface area (Å²) in [6.45, 7) is 3.60. The fourth-order valence-corrected chi connectivity index (χ4v) is 3.21. The molecule has 0 aliphatic carbocycles. The third-order valence-electron chi connectivity index (χ3n) is 4.37. The van der Waals surface area contributed by atoms with Crippen LogP contribution in [0.15, 0.2) is 66.7 Å². The lowest BCUT2D eigenvalue weighted by molar-refractivity contribution is 0.0794. The molecule has 0 atom stereocenters. The van der Waals surface area contributed by atoms with E-state index in [0.29, 0.717) is 0 Å². The van der Waals surface area contributed by atoms with Gasteiger partial charge in [0.05, 0.1) is 5.60 Å². The number of anilines is 2. The Morgan fingerprint density at radius 1 is 0.833 bits per heavy atom. The Morgan fingerprint density at radius 3 is 2.38 bits per heavy atom. The summed E-state index contributed by atoms with van der Waals surface area (Å²) in [6, 6.07) is 22.5. The summed E-state index contributed by atoms with van der Waals surface area (Å²) >= 11 is 0. The van der Waals surface area contributed by atoms with Gasteiger partial charge in [-0.2, -0.15) is 0 Å². The third-order valence-corrected chi connectivity index (χ3v) is 4.37. The first-order valence-electron chi connectivity index (χ1n) is 8.12. The van der Waals surface area contributed by atoms with E-state index < -0.39 is 5.60 Å². The van der Waals surface area contributed by atoms with Gasteiger partial charge in [-0.05, 0) is 44.2 Å². The summed E-state index contributed by atoms with van der Waals surface area (Å²) < 4.78 is 0. The Labute approximate surface area is 140 Å². The molecule has 0 aliphatic rings. The van der Waals surface area contributed by atoms with Crippen LogP contribution in [-0.2, 0) is 5.60 Å². The van der Waals surface area contributed by atoms with Gasteiger partial charge in [0.15, 0.2) is 0 Å². The topological polar surface area (TPSA) is 48.0 Å². The molecule has 24 heavy (non-hydrogen) atoms. The summed E-state index contributed by atoms with van der Waals surface area (Å²) in [5.74, 6) is 0. The second-order valence-corrected chi connectivity index (χ2v) is 6.66. The van der Waals surface area contributed by atoms with E-state index in [2.05, 4.69) is 46.7 Å². The Hall–Kier alpha value is -2.78. The maximum Gasteiger partial charge on any atom is 0.0860 e. The lowest BCUT2D eigenvalue weighted by Crippen LogP contribution is -2.17. The van der Waals surface area contributed by atoms with Crippen molar-refractivity contribution in [2.24, 2.45) is 0 Å². The Kier molecular flexibility index (Phi) is 3.32. The largest absolute Gasteiger partial charge is 0.386 e. The molecule has 0 bridgehead atoms. The molecule has 120 valence electrons. The Balaban J connectivity index is 1.80. The number of H-pyrrole nitrogens is 1. The van der Waals surface area contributed by atoms with Crippen molar-refractivity contribution in [2.45, 2.75) is 19.4 Å². The van der Waals surface area contributed by atoms with E-state index in [1.54, 1.807) is 13.8 Å². The van der Waals surface area contributed by atoms with Crippen molar-refractivity contribution in [1.82, 2.24) is 4.98 Å². The molecule has 4 aromatic rings. The van der Waals surface area contributed by atoms with Crippen LogP contribution in [0.5, 0.6) is 0 Å². The first kappa shape index (κ1) is 14.8. The highest BCUT2D eigenvalue weighted by Crippen LogP contribution is 2.32. The third kappa shape index (κ3) is 2.53. The highest BCUT2D eigenvalue weighted by Gasteiger charge is 2.19.